The first kappa shape index (κ1) is 21.1. The van der Waals surface area contributed by atoms with Gasteiger partial charge in [-0.05, 0) is 45.6 Å². The van der Waals surface area contributed by atoms with Crippen LogP contribution in [0.5, 0.6) is 0 Å². The SMILES string of the molecule is CS(=O)c1nc(C2=C[C@@H]3CC[C@H](C2)N3C(=O)OC(C)(C)C)c2cnc(Cl)c(F)c2n1. The average molecular weight is 453 g/mol. The van der Waals surface area contributed by atoms with Crippen molar-refractivity contribution in [2.75, 3.05) is 6.26 Å². The maximum Gasteiger partial charge on any atom is 0.411 e. The van der Waals surface area contributed by atoms with Gasteiger partial charge in [-0.1, -0.05) is 17.7 Å². The first-order valence-corrected chi connectivity index (χ1v) is 11.6. The molecule has 4 heterocycles. The molecule has 0 N–H and O–H groups in total. The van der Waals surface area contributed by atoms with E-state index in [1.165, 1.54) is 12.5 Å². The van der Waals surface area contributed by atoms with E-state index in [-0.39, 0.29) is 34.0 Å². The predicted molar refractivity (Wildman–Crippen MR) is 112 cm³/mol. The van der Waals surface area contributed by atoms with Gasteiger partial charge >= 0.3 is 6.09 Å². The Balaban J connectivity index is 1.79. The van der Waals surface area contributed by atoms with Gasteiger partial charge in [0.15, 0.2) is 11.0 Å². The van der Waals surface area contributed by atoms with Crippen LogP contribution in [0.2, 0.25) is 5.15 Å². The lowest BCUT2D eigenvalue weighted by Gasteiger charge is -2.35. The number of ether oxygens (including phenoxy) is 1. The molecule has 1 saturated heterocycles. The Kier molecular flexibility index (Phi) is 5.30. The van der Waals surface area contributed by atoms with Crippen molar-refractivity contribution in [1.29, 1.82) is 0 Å². The molecular weight excluding hydrogens is 431 g/mol. The van der Waals surface area contributed by atoms with Crippen LogP contribution < -0.4 is 0 Å². The van der Waals surface area contributed by atoms with E-state index in [9.17, 15) is 13.4 Å². The van der Waals surface area contributed by atoms with Gasteiger partial charge in [0.1, 0.15) is 11.1 Å². The van der Waals surface area contributed by atoms with Crippen LogP contribution >= 0.6 is 11.6 Å². The highest BCUT2D eigenvalue weighted by Crippen LogP contribution is 2.40. The number of carbonyl (C=O) groups excluding carboxylic acids is 1. The first-order chi connectivity index (χ1) is 14.0. The summed E-state index contributed by atoms with van der Waals surface area (Å²) in [7, 11) is -1.51. The van der Waals surface area contributed by atoms with Gasteiger partial charge in [-0.3, -0.25) is 9.11 Å². The van der Waals surface area contributed by atoms with Gasteiger partial charge in [0.2, 0.25) is 5.16 Å². The lowest BCUT2D eigenvalue weighted by molar-refractivity contribution is 0.0175. The van der Waals surface area contributed by atoms with Crippen LogP contribution in [0.15, 0.2) is 17.4 Å². The summed E-state index contributed by atoms with van der Waals surface area (Å²) < 4.78 is 32.2. The van der Waals surface area contributed by atoms with Crippen molar-refractivity contribution >= 4 is 45.0 Å². The van der Waals surface area contributed by atoms with Crippen molar-refractivity contribution in [3.63, 3.8) is 0 Å². The van der Waals surface area contributed by atoms with Crippen LogP contribution in [0.3, 0.4) is 0 Å². The van der Waals surface area contributed by atoms with E-state index in [4.69, 9.17) is 16.3 Å². The minimum absolute atomic E-state index is 0.00646. The quantitative estimate of drug-likeness (QED) is 0.503. The number of fused-ring (bicyclic) bond motifs is 3. The molecule has 2 aliphatic rings. The maximum atomic E-state index is 14.6. The van der Waals surface area contributed by atoms with E-state index < -0.39 is 22.2 Å². The fourth-order valence-corrected chi connectivity index (χ4v) is 4.57. The Morgan fingerprint density at radius 2 is 2.07 bits per heavy atom. The second kappa shape index (κ2) is 7.53. The molecule has 0 aliphatic carbocycles. The molecule has 30 heavy (non-hydrogen) atoms. The Morgan fingerprint density at radius 3 is 2.70 bits per heavy atom. The molecule has 1 amide bonds. The normalized spacial score (nSPS) is 22.2. The molecular formula is C20H22ClFN4O3S. The van der Waals surface area contributed by atoms with Crippen LogP contribution in [0.4, 0.5) is 9.18 Å². The highest BCUT2D eigenvalue weighted by Gasteiger charge is 2.42. The molecule has 0 saturated carbocycles. The Bertz CT molecular complexity index is 1100. The molecule has 2 aromatic rings. The third-order valence-corrected chi connectivity index (χ3v) is 6.14. The summed E-state index contributed by atoms with van der Waals surface area (Å²) in [5.41, 5.74) is 0.748. The zero-order valence-corrected chi connectivity index (χ0v) is 18.7. The standard InChI is InChI=1S/C20H22ClFN4O3S/c1-20(2,3)29-19(27)26-11-5-6-12(26)8-10(7-11)15-13-9-23-17(21)14(22)16(13)25-18(24-15)30(4)28/h7,9,11-12H,5-6,8H2,1-4H3/t11-,12+,30?/m0/s1. The lowest BCUT2D eigenvalue weighted by atomic mass is 9.96. The summed E-state index contributed by atoms with van der Waals surface area (Å²) in [5, 5.41) is 0.137. The smallest absolute Gasteiger partial charge is 0.411 e. The van der Waals surface area contributed by atoms with E-state index >= 15 is 0 Å². The number of hydrogen-bond donors (Lipinski definition) is 0. The number of carbonyl (C=O) groups is 1. The van der Waals surface area contributed by atoms with Crippen LogP contribution in [0, 0.1) is 5.82 Å². The molecule has 10 heteroatoms. The molecule has 0 radical (unpaired) electrons. The van der Waals surface area contributed by atoms with Crippen LogP contribution in [0.1, 0.15) is 45.7 Å². The number of halogens is 2. The summed E-state index contributed by atoms with van der Waals surface area (Å²) in [6, 6.07) is -0.185. The monoisotopic (exact) mass is 452 g/mol. The second-order valence-corrected chi connectivity index (χ2v) is 10.1. The topological polar surface area (TPSA) is 85.3 Å². The molecule has 7 nitrogen and oxygen atoms in total. The van der Waals surface area contributed by atoms with Gasteiger partial charge in [-0.25, -0.2) is 24.1 Å². The third-order valence-electron chi connectivity index (χ3n) is 5.18. The van der Waals surface area contributed by atoms with Gasteiger partial charge in [0.05, 0.1) is 22.5 Å². The minimum atomic E-state index is -1.51. The lowest BCUT2D eigenvalue weighted by Crippen LogP contribution is -2.45. The maximum absolute atomic E-state index is 14.6. The molecule has 0 aromatic carbocycles. The van der Waals surface area contributed by atoms with Crippen LogP contribution in [0.25, 0.3) is 16.5 Å². The average Bonchev–Trinajstić information content (AvgIpc) is 2.93. The van der Waals surface area contributed by atoms with E-state index in [1.807, 2.05) is 26.8 Å². The minimum Gasteiger partial charge on any atom is -0.444 e. The van der Waals surface area contributed by atoms with E-state index in [1.54, 1.807) is 4.90 Å². The fourth-order valence-electron chi connectivity index (χ4n) is 3.99. The van der Waals surface area contributed by atoms with Gasteiger partial charge in [0.25, 0.3) is 0 Å². The van der Waals surface area contributed by atoms with Crippen molar-refractivity contribution < 1.29 is 18.1 Å². The molecule has 4 rings (SSSR count). The van der Waals surface area contributed by atoms with E-state index in [0.29, 0.717) is 17.5 Å². The van der Waals surface area contributed by atoms with Crippen molar-refractivity contribution in [3.05, 3.63) is 28.9 Å². The first-order valence-electron chi connectivity index (χ1n) is 9.62. The summed E-state index contributed by atoms with van der Waals surface area (Å²) in [5.74, 6) is -0.765. The van der Waals surface area contributed by atoms with Crippen LogP contribution in [-0.2, 0) is 15.5 Å². The highest BCUT2D eigenvalue weighted by molar-refractivity contribution is 7.84. The third kappa shape index (κ3) is 3.80. The molecule has 1 fully saturated rings. The summed E-state index contributed by atoms with van der Waals surface area (Å²) >= 11 is 5.83. The number of aromatic nitrogens is 3. The molecule has 2 aromatic heterocycles. The van der Waals surface area contributed by atoms with Crippen LogP contribution in [-0.4, -0.2) is 54.1 Å². The molecule has 2 aliphatic heterocycles. The van der Waals surface area contributed by atoms with Crippen molar-refractivity contribution in [2.45, 2.75) is 62.9 Å². The Hall–Kier alpha value is -2.13. The second-order valence-electron chi connectivity index (χ2n) is 8.52. The number of nitrogens with zero attached hydrogens (tertiary/aromatic N) is 4. The number of hydrogen-bond acceptors (Lipinski definition) is 6. The zero-order valence-electron chi connectivity index (χ0n) is 17.1. The molecule has 0 spiro atoms. The van der Waals surface area contributed by atoms with Gasteiger partial charge < -0.3 is 4.74 Å². The Morgan fingerprint density at radius 1 is 1.33 bits per heavy atom. The van der Waals surface area contributed by atoms with E-state index in [2.05, 4.69) is 15.0 Å². The Labute approximate surface area is 181 Å². The number of pyridine rings is 1. The van der Waals surface area contributed by atoms with Crippen molar-refractivity contribution in [3.8, 4) is 0 Å². The van der Waals surface area contributed by atoms with E-state index in [0.717, 1.165) is 18.4 Å². The summed E-state index contributed by atoms with van der Waals surface area (Å²) in [6.07, 6.45) is 6.66. The highest BCUT2D eigenvalue weighted by atomic mass is 35.5. The van der Waals surface area contributed by atoms with Crippen molar-refractivity contribution in [2.24, 2.45) is 0 Å². The molecule has 160 valence electrons. The molecule has 3 atom stereocenters. The number of rotatable bonds is 2. The molecule has 1 unspecified atom stereocenters. The molecule has 2 bridgehead atoms. The largest absolute Gasteiger partial charge is 0.444 e. The summed E-state index contributed by atoms with van der Waals surface area (Å²) in [6.45, 7) is 5.51. The fraction of sp³-hybridized carbons (Fsp3) is 0.500. The zero-order chi connectivity index (χ0) is 21.8. The van der Waals surface area contributed by atoms with Gasteiger partial charge in [-0.2, -0.15) is 0 Å². The number of amides is 1. The van der Waals surface area contributed by atoms with Gasteiger partial charge in [0, 0.05) is 23.9 Å². The summed E-state index contributed by atoms with van der Waals surface area (Å²) in [4.78, 5) is 26.9. The predicted octanol–water partition coefficient (Wildman–Crippen LogP) is 4.11. The van der Waals surface area contributed by atoms with Crippen molar-refractivity contribution in [1.82, 2.24) is 19.9 Å². The van der Waals surface area contributed by atoms with Gasteiger partial charge in [-0.15, -0.1) is 0 Å².